The summed E-state index contributed by atoms with van der Waals surface area (Å²) in [6.07, 6.45) is 0. The largest absolute Gasteiger partial charge is 0.348 e. The van der Waals surface area contributed by atoms with Crippen LogP contribution in [0.15, 0.2) is 53.4 Å². The van der Waals surface area contributed by atoms with Crippen molar-refractivity contribution in [2.45, 2.75) is 51.2 Å². The highest BCUT2D eigenvalue weighted by atomic mass is 32.2. The maximum atomic E-state index is 12.4. The molecule has 0 aromatic heterocycles. The van der Waals surface area contributed by atoms with Gasteiger partial charge < -0.3 is 10.2 Å². The van der Waals surface area contributed by atoms with E-state index in [2.05, 4.69) is 41.0 Å². The molecule has 0 saturated heterocycles. The SMILES string of the molecule is CCN(C)Cc1cccc(CNC(=O)c2ccc(S(=O)(=O)NC(C)(C)C)cc2)c1. The summed E-state index contributed by atoms with van der Waals surface area (Å²) >= 11 is 0. The predicted octanol–water partition coefficient (Wildman–Crippen LogP) is 3.15. The van der Waals surface area contributed by atoms with Crippen LogP contribution in [0.1, 0.15) is 49.2 Å². The third-order valence-corrected chi connectivity index (χ3v) is 6.08. The Kier molecular flexibility index (Phi) is 7.57. The second-order valence-corrected chi connectivity index (χ2v) is 9.90. The molecule has 6 nitrogen and oxygen atoms in total. The lowest BCUT2D eigenvalue weighted by Crippen LogP contribution is -2.40. The van der Waals surface area contributed by atoms with Crippen molar-refractivity contribution >= 4 is 15.9 Å². The van der Waals surface area contributed by atoms with Gasteiger partial charge in [-0.1, -0.05) is 31.2 Å². The Morgan fingerprint density at radius 2 is 1.66 bits per heavy atom. The van der Waals surface area contributed by atoms with E-state index in [9.17, 15) is 13.2 Å². The first-order valence-electron chi connectivity index (χ1n) is 9.69. The number of benzene rings is 2. The Labute approximate surface area is 174 Å². The van der Waals surface area contributed by atoms with Crippen molar-refractivity contribution < 1.29 is 13.2 Å². The number of amides is 1. The van der Waals surface area contributed by atoms with Crippen molar-refractivity contribution in [3.8, 4) is 0 Å². The summed E-state index contributed by atoms with van der Waals surface area (Å²) in [7, 11) is -1.55. The van der Waals surface area contributed by atoms with Gasteiger partial charge in [0.15, 0.2) is 0 Å². The molecule has 0 atom stereocenters. The van der Waals surface area contributed by atoms with Gasteiger partial charge in [0, 0.05) is 24.2 Å². The minimum absolute atomic E-state index is 0.136. The monoisotopic (exact) mass is 417 g/mol. The van der Waals surface area contributed by atoms with Gasteiger partial charge >= 0.3 is 0 Å². The topological polar surface area (TPSA) is 78.5 Å². The van der Waals surface area contributed by atoms with Gasteiger partial charge in [0.25, 0.3) is 5.91 Å². The van der Waals surface area contributed by atoms with Crippen LogP contribution in [0.2, 0.25) is 0 Å². The molecule has 0 spiro atoms. The van der Waals surface area contributed by atoms with Gasteiger partial charge in [0.1, 0.15) is 0 Å². The van der Waals surface area contributed by atoms with Gasteiger partial charge in [0.05, 0.1) is 4.90 Å². The molecule has 2 aromatic carbocycles. The Morgan fingerprint density at radius 3 is 2.24 bits per heavy atom. The van der Waals surface area contributed by atoms with E-state index in [1.54, 1.807) is 20.8 Å². The number of rotatable bonds is 8. The summed E-state index contributed by atoms with van der Waals surface area (Å²) in [6, 6.07) is 14.1. The number of hydrogen-bond acceptors (Lipinski definition) is 4. The third-order valence-electron chi connectivity index (χ3n) is 4.30. The lowest BCUT2D eigenvalue weighted by atomic mass is 10.1. The highest BCUT2D eigenvalue weighted by molar-refractivity contribution is 7.89. The van der Waals surface area contributed by atoms with Gasteiger partial charge in [-0.2, -0.15) is 0 Å². The molecule has 0 unspecified atom stereocenters. The van der Waals surface area contributed by atoms with E-state index in [1.165, 1.54) is 29.8 Å². The Bertz CT molecular complexity index is 933. The average Bonchev–Trinajstić information content (AvgIpc) is 2.64. The number of nitrogens with one attached hydrogen (secondary N) is 2. The third kappa shape index (κ3) is 7.27. The van der Waals surface area contributed by atoms with E-state index in [0.29, 0.717) is 12.1 Å². The van der Waals surface area contributed by atoms with Crippen molar-refractivity contribution in [2.24, 2.45) is 0 Å². The maximum absolute atomic E-state index is 12.4. The molecule has 0 aliphatic carbocycles. The lowest BCUT2D eigenvalue weighted by Gasteiger charge is -2.20. The number of hydrogen-bond donors (Lipinski definition) is 2. The summed E-state index contributed by atoms with van der Waals surface area (Å²) in [5.74, 6) is -0.242. The van der Waals surface area contributed by atoms with Crippen LogP contribution >= 0.6 is 0 Å². The molecule has 0 saturated carbocycles. The minimum atomic E-state index is -3.62. The maximum Gasteiger partial charge on any atom is 0.251 e. The van der Waals surface area contributed by atoms with Crippen molar-refractivity contribution in [3.63, 3.8) is 0 Å². The Balaban J connectivity index is 2.01. The van der Waals surface area contributed by atoms with Crippen molar-refractivity contribution in [2.75, 3.05) is 13.6 Å². The number of carbonyl (C=O) groups is 1. The highest BCUT2D eigenvalue weighted by Gasteiger charge is 2.22. The first-order valence-corrected chi connectivity index (χ1v) is 11.2. The number of carbonyl (C=O) groups excluding carboxylic acids is 1. The first-order chi connectivity index (χ1) is 13.5. The lowest BCUT2D eigenvalue weighted by molar-refractivity contribution is 0.0950. The molecule has 0 fully saturated rings. The fourth-order valence-corrected chi connectivity index (χ4v) is 4.21. The molecule has 0 bridgehead atoms. The summed E-state index contributed by atoms with van der Waals surface area (Å²) in [5, 5.41) is 2.89. The van der Waals surface area contributed by atoms with Gasteiger partial charge in [-0.3, -0.25) is 4.79 Å². The van der Waals surface area contributed by atoms with Crippen molar-refractivity contribution in [1.29, 1.82) is 0 Å². The zero-order valence-electron chi connectivity index (χ0n) is 17.8. The van der Waals surface area contributed by atoms with E-state index in [1.807, 2.05) is 12.1 Å². The Hall–Kier alpha value is -2.22. The fourth-order valence-electron chi connectivity index (χ4n) is 2.79. The smallest absolute Gasteiger partial charge is 0.251 e. The quantitative estimate of drug-likeness (QED) is 0.692. The molecule has 0 aliphatic heterocycles. The van der Waals surface area contributed by atoms with Crippen LogP contribution in [0.5, 0.6) is 0 Å². The van der Waals surface area contributed by atoms with Crippen LogP contribution in [-0.4, -0.2) is 38.4 Å². The molecule has 2 aromatic rings. The summed E-state index contributed by atoms with van der Waals surface area (Å²) in [6.45, 7) is 9.69. The van der Waals surface area contributed by atoms with E-state index < -0.39 is 15.6 Å². The summed E-state index contributed by atoms with van der Waals surface area (Å²) in [4.78, 5) is 14.8. The molecular formula is C22H31N3O3S. The van der Waals surface area contributed by atoms with Crippen LogP contribution in [0, 0.1) is 0 Å². The molecule has 29 heavy (non-hydrogen) atoms. The van der Waals surface area contributed by atoms with Crippen LogP contribution in [0.3, 0.4) is 0 Å². The second-order valence-electron chi connectivity index (χ2n) is 8.21. The first kappa shape index (κ1) is 23.1. The number of nitrogens with zero attached hydrogens (tertiary/aromatic N) is 1. The highest BCUT2D eigenvalue weighted by Crippen LogP contribution is 2.14. The summed E-state index contributed by atoms with van der Waals surface area (Å²) in [5.41, 5.74) is 2.06. The van der Waals surface area contributed by atoms with E-state index in [-0.39, 0.29) is 10.8 Å². The van der Waals surface area contributed by atoms with Gasteiger partial charge in [0.2, 0.25) is 10.0 Å². The zero-order valence-corrected chi connectivity index (χ0v) is 18.6. The van der Waals surface area contributed by atoms with E-state index in [4.69, 9.17) is 0 Å². The van der Waals surface area contributed by atoms with E-state index >= 15 is 0 Å². The van der Waals surface area contributed by atoms with Crippen LogP contribution in [0.25, 0.3) is 0 Å². The Morgan fingerprint density at radius 1 is 1.03 bits per heavy atom. The molecular weight excluding hydrogens is 386 g/mol. The standard InChI is InChI=1S/C22H31N3O3S/c1-6-25(5)16-18-9-7-8-17(14-18)15-23-21(26)19-10-12-20(13-11-19)29(27,28)24-22(2,3)4/h7-14,24H,6,15-16H2,1-5H3,(H,23,26). The predicted molar refractivity (Wildman–Crippen MR) is 116 cm³/mol. The van der Waals surface area contributed by atoms with Crippen LogP contribution in [0.4, 0.5) is 0 Å². The molecule has 0 aliphatic rings. The molecule has 1 amide bonds. The molecule has 7 heteroatoms. The van der Waals surface area contributed by atoms with Gasteiger partial charge in [-0.25, -0.2) is 13.1 Å². The van der Waals surface area contributed by atoms with Crippen LogP contribution in [-0.2, 0) is 23.1 Å². The number of sulfonamides is 1. The molecule has 0 radical (unpaired) electrons. The van der Waals surface area contributed by atoms with Crippen molar-refractivity contribution in [3.05, 3.63) is 65.2 Å². The molecule has 0 heterocycles. The zero-order chi connectivity index (χ0) is 21.7. The van der Waals surface area contributed by atoms with E-state index in [0.717, 1.165) is 18.7 Å². The fraction of sp³-hybridized carbons (Fsp3) is 0.409. The molecule has 2 N–H and O–H groups in total. The molecule has 2 rings (SSSR count). The normalized spacial score (nSPS) is 12.2. The average molecular weight is 418 g/mol. The van der Waals surface area contributed by atoms with Gasteiger partial charge in [-0.05, 0) is 69.8 Å². The van der Waals surface area contributed by atoms with Gasteiger partial charge in [-0.15, -0.1) is 0 Å². The van der Waals surface area contributed by atoms with Crippen molar-refractivity contribution in [1.82, 2.24) is 14.9 Å². The second kappa shape index (κ2) is 9.52. The van der Waals surface area contributed by atoms with Crippen LogP contribution < -0.4 is 10.0 Å². The molecule has 158 valence electrons. The minimum Gasteiger partial charge on any atom is -0.348 e. The summed E-state index contributed by atoms with van der Waals surface area (Å²) < 4.78 is 27.3.